The molecule has 1 saturated heterocycles. The van der Waals surface area contributed by atoms with E-state index < -0.39 is 0 Å². The van der Waals surface area contributed by atoms with Gasteiger partial charge in [-0.05, 0) is 32.0 Å². The molecule has 134 valence electrons. The van der Waals surface area contributed by atoms with E-state index in [1.807, 2.05) is 6.07 Å². The smallest absolute Gasteiger partial charge is 0.120 e. The number of hydrogen-bond donors (Lipinski definition) is 0. The van der Waals surface area contributed by atoms with E-state index >= 15 is 0 Å². The molecular formula is C20H33N3O. The standard InChI is InChI=1S/C20H33N3O/c1-21(18-7-4-3-5-8-18)11-12-22-13-15-23(16-14-22)19-9-6-10-20(17-19)24-2/h6,9-10,17-18H,3-5,7-8,11-16H2,1-2H3. The lowest BCUT2D eigenvalue weighted by Gasteiger charge is -2.38. The molecule has 4 heteroatoms. The molecule has 0 N–H and O–H groups in total. The Balaban J connectivity index is 1.41. The lowest BCUT2D eigenvalue weighted by molar-refractivity contribution is 0.157. The minimum Gasteiger partial charge on any atom is -0.497 e. The maximum absolute atomic E-state index is 5.35. The van der Waals surface area contributed by atoms with Crippen LogP contribution in [0.1, 0.15) is 32.1 Å². The number of hydrogen-bond acceptors (Lipinski definition) is 4. The van der Waals surface area contributed by atoms with Crippen LogP contribution in [0.25, 0.3) is 0 Å². The lowest BCUT2D eigenvalue weighted by atomic mass is 9.94. The van der Waals surface area contributed by atoms with Crippen molar-refractivity contribution in [2.45, 2.75) is 38.1 Å². The van der Waals surface area contributed by atoms with Crippen molar-refractivity contribution in [2.75, 3.05) is 58.3 Å². The summed E-state index contributed by atoms with van der Waals surface area (Å²) in [6, 6.07) is 9.26. The molecule has 0 unspecified atom stereocenters. The number of methoxy groups -OCH3 is 1. The summed E-state index contributed by atoms with van der Waals surface area (Å²) in [5.41, 5.74) is 1.29. The molecule has 0 bridgehead atoms. The highest BCUT2D eigenvalue weighted by atomic mass is 16.5. The number of rotatable bonds is 6. The van der Waals surface area contributed by atoms with E-state index in [4.69, 9.17) is 4.74 Å². The third-order valence-electron chi connectivity index (χ3n) is 5.76. The monoisotopic (exact) mass is 331 g/mol. The van der Waals surface area contributed by atoms with Gasteiger partial charge in [-0.25, -0.2) is 0 Å². The second-order valence-electron chi connectivity index (χ2n) is 7.30. The van der Waals surface area contributed by atoms with Gasteiger partial charge in [0.15, 0.2) is 0 Å². The van der Waals surface area contributed by atoms with Crippen molar-refractivity contribution in [1.29, 1.82) is 0 Å². The Labute approximate surface area is 147 Å². The summed E-state index contributed by atoms with van der Waals surface area (Å²) in [5, 5.41) is 0. The summed E-state index contributed by atoms with van der Waals surface area (Å²) in [6.45, 7) is 6.97. The Bertz CT molecular complexity index is 493. The van der Waals surface area contributed by atoms with Gasteiger partial charge in [0, 0.05) is 57.1 Å². The minimum atomic E-state index is 0.830. The highest BCUT2D eigenvalue weighted by molar-refractivity contribution is 5.51. The molecule has 2 fully saturated rings. The zero-order valence-electron chi connectivity index (χ0n) is 15.4. The van der Waals surface area contributed by atoms with Gasteiger partial charge in [0.05, 0.1) is 7.11 Å². The van der Waals surface area contributed by atoms with Gasteiger partial charge >= 0.3 is 0 Å². The predicted octanol–water partition coefficient (Wildman–Crippen LogP) is 3.08. The molecule has 0 aromatic heterocycles. The van der Waals surface area contributed by atoms with Crippen molar-refractivity contribution >= 4 is 5.69 Å². The van der Waals surface area contributed by atoms with Crippen molar-refractivity contribution in [3.63, 3.8) is 0 Å². The molecule has 0 atom stereocenters. The normalized spacial score (nSPS) is 20.5. The number of nitrogens with zero attached hydrogens (tertiary/aromatic N) is 3. The second kappa shape index (κ2) is 8.72. The molecule has 24 heavy (non-hydrogen) atoms. The van der Waals surface area contributed by atoms with Gasteiger partial charge in [-0.15, -0.1) is 0 Å². The molecule has 1 aliphatic carbocycles. The van der Waals surface area contributed by atoms with Crippen LogP contribution in [0.5, 0.6) is 5.75 Å². The van der Waals surface area contributed by atoms with E-state index in [1.54, 1.807) is 7.11 Å². The summed E-state index contributed by atoms with van der Waals surface area (Å²) < 4.78 is 5.35. The maximum atomic E-state index is 5.35. The summed E-state index contributed by atoms with van der Waals surface area (Å²) in [4.78, 5) is 7.70. The van der Waals surface area contributed by atoms with Crippen LogP contribution in [0.4, 0.5) is 5.69 Å². The molecule has 1 aliphatic heterocycles. The number of piperazine rings is 1. The quantitative estimate of drug-likeness (QED) is 0.797. The molecule has 1 heterocycles. The van der Waals surface area contributed by atoms with E-state index in [9.17, 15) is 0 Å². The molecule has 4 nitrogen and oxygen atoms in total. The van der Waals surface area contributed by atoms with Gasteiger partial charge in [-0.1, -0.05) is 25.3 Å². The largest absolute Gasteiger partial charge is 0.497 e. The van der Waals surface area contributed by atoms with Crippen molar-refractivity contribution < 1.29 is 4.74 Å². The van der Waals surface area contributed by atoms with Crippen LogP contribution in [-0.4, -0.2) is 69.3 Å². The van der Waals surface area contributed by atoms with Crippen LogP contribution < -0.4 is 9.64 Å². The number of benzene rings is 1. The first kappa shape index (κ1) is 17.6. The summed E-state index contributed by atoms with van der Waals surface area (Å²) in [6.07, 6.45) is 7.10. The zero-order chi connectivity index (χ0) is 16.8. The van der Waals surface area contributed by atoms with Crippen molar-refractivity contribution in [3.8, 4) is 5.75 Å². The Morgan fingerprint density at radius 2 is 1.83 bits per heavy atom. The number of anilines is 1. The highest BCUT2D eigenvalue weighted by Crippen LogP contribution is 2.23. The molecule has 1 saturated carbocycles. The van der Waals surface area contributed by atoms with Gasteiger partial charge < -0.3 is 14.5 Å². The van der Waals surface area contributed by atoms with Crippen molar-refractivity contribution in [3.05, 3.63) is 24.3 Å². The average molecular weight is 332 g/mol. The SMILES string of the molecule is COc1cccc(N2CCN(CCN(C)C3CCCCC3)CC2)c1. The van der Waals surface area contributed by atoms with E-state index in [1.165, 1.54) is 50.9 Å². The third kappa shape index (κ3) is 4.64. The van der Waals surface area contributed by atoms with Gasteiger partial charge in [-0.2, -0.15) is 0 Å². The fraction of sp³-hybridized carbons (Fsp3) is 0.700. The first-order chi connectivity index (χ1) is 11.8. The van der Waals surface area contributed by atoms with E-state index in [2.05, 4.69) is 39.9 Å². The molecule has 0 radical (unpaired) electrons. The summed E-state index contributed by atoms with van der Waals surface area (Å²) in [5.74, 6) is 0.948. The molecule has 0 spiro atoms. The van der Waals surface area contributed by atoms with Crippen molar-refractivity contribution in [2.24, 2.45) is 0 Å². The Hall–Kier alpha value is -1.26. The van der Waals surface area contributed by atoms with Crippen LogP contribution in [0, 0.1) is 0 Å². The minimum absolute atomic E-state index is 0.830. The fourth-order valence-electron chi connectivity index (χ4n) is 4.04. The van der Waals surface area contributed by atoms with Crippen LogP contribution in [0.2, 0.25) is 0 Å². The Morgan fingerprint density at radius 1 is 1.08 bits per heavy atom. The maximum Gasteiger partial charge on any atom is 0.120 e. The zero-order valence-corrected chi connectivity index (χ0v) is 15.4. The molecule has 1 aromatic rings. The fourth-order valence-corrected chi connectivity index (χ4v) is 4.04. The number of likely N-dealkylation sites (N-methyl/N-ethyl adjacent to an activating group) is 1. The predicted molar refractivity (Wildman–Crippen MR) is 101 cm³/mol. The van der Waals surface area contributed by atoms with E-state index in [0.717, 1.165) is 38.0 Å². The van der Waals surface area contributed by atoms with E-state index in [0.29, 0.717) is 0 Å². The first-order valence-corrected chi connectivity index (χ1v) is 9.58. The summed E-state index contributed by atoms with van der Waals surface area (Å²) in [7, 11) is 4.06. The highest BCUT2D eigenvalue weighted by Gasteiger charge is 2.20. The molecular weight excluding hydrogens is 298 g/mol. The average Bonchev–Trinajstić information content (AvgIpc) is 2.67. The molecule has 2 aliphatic rings. The van der Waals surface area contributed by atoms with E-state index in [-0.39, 0.29) is 0 Å². The van der Waals surface area contributed by atoms with Crippen LogP contribution >= 0.6 is 0 Å². The van der Waals surface area contributed by atoms with Crippen LogP contribution in [0.3, 0.4) is 0 Å². The molecule has 0 amide bonds. The van der Waals surface area contributed by atoms with Gasteiger partial charge in [0.25, 0.3) is 0 Å². The third-order valence-corrected chi connectivity index (χ3v) is 5.76. The van der Waals surface area contributed by atoms with Crippen LogP contribution in [0.15, 0.2) is 24.3 Å². The topological polar surface area (TPSA) is 19.0 Å². The number of ether oxygens (including phenoxy) is 1. The molecule has 1 aromatic carbocycles. The Morgan fingerprint density at radius 3 is 2.54 bits per heavy atom. The Kier molecular flexibility index (Phi) is 6.38. The van der Waals surface area contributed by atoms with Gasteiger partial charge in [0.2, 0.25) is 0 Å². The van der Waals surface area contributed by atoms with Gasteiger partial charge in [0.1, 0.15) is 5.75 Å². The van der Waals surface area contributed by atoms with Crippen molar-refractivity contribution in [1.82, 2.24) is 9.80 Å². The summed E-state index contributed by atoms with van der Waals surface area (Å²) >= 11 is 0. The van der Waals surface area contributed by atoms with Crippen LogP contribution in [-0.2, 0) is 0 Å². The molecule has 3 rings (SSSR count). The first-order valence-electron chi connectivity index (χ1n) is 9.58. The lowest BCUT2D eigenvalue weighted by Crippen LogP contribution is -2.49. The second-order valence-corrected chi connectivity index (χ2v) is 7.30. The van der Waals surface area contributed by atoms with Gasteiger partial charge in [-0.3, -0.25) is 4.90 Å².